The number of fused-ring (bicyclic) bond motifs is 1. The lowest BCUT2D eigenvalue weighted by molar-refractivity contribution is -0.155. The lowest BCUT2D eigenvalue weighted by Crippen LogP contribution is -2.34. The number of methoxy groups -OCH3 is 1. The molecule has 0 saturated heterocycles. The maximum atomic E-state index is 13.4. The van der Waals surface area contributed by atoms with Gasteiger partial charge in [0.15, 0.2) is 6.10 Å². The number of rotatable bonds is 5. The molecule has 2 amide bonds. The molecule has 2 aromatic carbocycles. The fraction of sp³-hybridized carbons (Fsp3) is 0.286. The summed E-state index contributed by atoms with van der Waals surface area (Å²) < 4.78 is 24.0. The topological polar surface area (TPSA) is 93.7 Å². The number of esters is 1. The van der Waals surface area contributed by atoms with E-state index in [1.54, 1.807) is 19.1 Å². The molecule has 2 atom stereocenters. The Balaban J connectivity index is 1.73. The first kappa shape index (κ1) is 21.6. The normalized spacial score (nSPS) is 16.2. The van der Waals surface area contributed by atoms with Gasteiger partial charge in [0, 0.05) is 23.2 Å². The maximum Gasteiger partial charge on any atom is 0.314 e. The summed E-state index contributed by atoms with van der Waals surface area (Å²) in [6.07, 6.45) is -1.30. The molecule has 1 aliphatic rings. The van der Waals surface area contributed by atoms with Crippen molar-refractivity contribution in [3.05, 3.63) is 52.3 Å². The van der Waals surface area contributed by atoms with Crippen LogP contribution in [0.15, 0.2) is 30.3 Å². The third kappa shape index (κ3) is 4.54. The summed E-state index contributed by atoms with van der Waals surface area (Å²) in [4.78, 5) is 37.1. The Morgan fingerprint density at radius 3 is 2.73 bits per heavy atom. The number of nitrogens with one attached hydrogen (secondary N) is 2. The Labute approximate surface area is 177 Å². The van der Waals surface area contributed by atoms with E-state index in [1.165, 1.54) is 26.2 Å². The quantitative estimate of drug-likeness (QED) is 0.698. The molecule has 9 heteroatoms. The molecular weight excluding hydrogens is 415 g/mol. The predicted octanol–water partition coefficient (Wildman–Crippen LogP) is 3.79. The van der Waals surface area contributed by atoms with Gasteiger partial charge in [-0.15, -0.1) is 0 Å². The fourth-order valence-electron chi connectivity index (χ4n) is 3.12. The van der Waals surface area contributed by atoms with Crippen molar-refractivity contribution in [1.29, 1.82) is 0 Å². The first-order valence-electron chi connectivity index (χ1n) is 9.14. The molecule has 0 aliphatic carbocycles. The van der Waals surface area contributed by atoms with Gasteiger partial charge >= 0.3 is 5.97 Å². The Morgan fingerprint density at radius 1 is 1.30 bits per heavy atom. The van der Waals surface area contributed by atoms with E-state index >= 15 is 0 Å². The van der Waals surface area contributed by atoms with E-state index in [-0.39, 0.29) is 12.1 Å². The molecule has 2 unspecified atom stereocenters. The molecule has 0 bridgehead atoms. The van der Waals surface area contributed by atoms with Crippen LogP contribution >= 0.6 is 11.6 Å². The predicted molar refractivity (Wildman–Crippen MR) is 109 cm³/mol. The third-order valence-electron chi connectivity index (χ3n) is 4.74. The molecule has 7 nitrogen and oxygen atoms in total. The molecule has 1 heterocycles. The van der Waals surface area contributed by atoms with Gasteiger partial charge in [-0.1, -0.05) is 17.7 Å². The van der Waals surface area contributed by atoms with Gasteiger partial charge in [0.2, 0.25) is 5.91 Å². The van der Waals surface area contributed by atoms with Crippen LogP contribution in [0.1, 0.15) is 30.4 Å². The molecule has 0 radical (unpaired) electrons. The summed E-state index contributed by atoms with van der Waals surface area (Å²) in [6.45, 7) is 3.19. The number of aryl methyl sites for hydroxylation is 1. The van der Waals surface area contributed by atoms with Crippen LogP contribution in [0.5, 0.6) is 5.75 Å². The number of carbonyl (C=O) groups is 3. The Kier molecular flexibility index (Phi) is 6.26. The number of carbonyl (C=O) groups excluding carboxylic acids is 3. The van der Waals surface area contributed by atoms with Crippen LogP contribution in [0.3, 0.4) is 0 Å². The van der Waals surface area contributed by atoms with Crippen molar-refractivity contribution in [3.8, 4) is 5.75 Å². The summed E-state index contributed by atoms with van der Waals surface area (Å²) >= 11 is 6.06. The highest BCUT2D eigenvalue weighted by molar-refractivity contribution is 6.31. The average Bonchev–Trinajstić information content (AvgIpc) is 2.69. The van der Waals surface area contributed by atoms with Gasteiger partial charge in [0.25, 0.3) is 5.91 Å². The number of halogens is 2. The Bertz CT molecular complexity index is 1030. The highest BCUT2D eigenvalue weighted by Gasteiger charge is 2.34. The first-order chi connectivity index (χ1) is 14.2. The molecule has 0 spiro atoms. The van der Waals surface area contributed by atoms with Crippen molar-refractivity contribution in [3.63, 3.8) is 0 Å². The number of benzene rings is 2. The molecular formula is C21H20ClFN2O5. The molecule has 2 aromatic rings. The minimum atomic E-state index is -1.15. The van der Waals surface area contributed by atoms with Crippen LogP contribution in [0.2, 0.25) is 5.02 Å². The average molecular weight is 435 g/mol. The fourth-order valence-corrected chi connectivity index (χ4v) is 3.28. The van der Waals surface area contributed by atoms with Gasteiger partial charge in [-0.2, -0.15) is 0 Å². The lowest BCUT2D eigenvalue weighted by Gasteiger charge is -2.25. The standard InChI is InChI=1S/C21H20ClFN2O5/c1-10-6-17(18(29-3)9-15(10)22)25-20(27)11(2)30-21(28)14-8-19(26)24-16-7-12(23)4-5-13(14)16/h4-7,9,11,14H,8H2,1-3H3,(H,24,26)(H,25,27). The molecule has 158 valence electrons. The zero-order valence-electron chi connectivity index (χ0n) is 16.5. The minimum Gasteiger partial charge on any atom is -0.495 e. The van der Waals surface area contributed by atoms with Crippen molar-refractivity contribution in [2.24, 2.45) is 0 Å². The molecule has 0 fully saturated rings. The highest BCUT2D eigenvalue weighted by Crippen LogP contribution is 2.34. The monoisotopic (exact) mass is 434 g/mol. The second kappa shape index (κ2) is 8.71. The second-order valence-corrected chi connectivity index (χ2v) is 7.31. The van der Waals surface area contributed by atoms with E-state index in [0.717, 1.165) is 11.6 Å². The molecule has 2 N–H and O–H groups in total. The van der Waals surface area contributed by atoms with Crippen molar-refractivity contribution < 1.29 is 28.2 Å². The maximum absolute atomic E-state index is 13.4. The van der Waals surface area contributed by atoms with Crippen molar-refractivity contribution in [2.75, 3.05) is 17.7 Å². The number of hydrogen-bond acceptors (Lipinski definition) is 5. The molecule has 1 aliphatic heterocycles. The first-order valence-corrected chi connectivity index (χ1v) is 9.52. The largest absolute Gasteiger partial charge is 0.495 e. The molecule has 3 rings (SSSR count). The number of amides is 2. The SMILES string of the molecule is COc1cc(Cl)c(C)cc1NC(=O)C(C)OC(=O)C1CC(=O)Nc2cc(F)ccc21. The zero-order chi connectivity index (χ0) is 22.0. The minimum absolute atomic E-state index is 0.157. The van der Waals surface area contributed by atoms with E-state index in [9.17, 15) is 18.8 Å². The molecule has 0 saturated carbocycles. The number of anilines is 2. The molecule has 0 aromatic heterocycles. The summed E-state index contributed by atoms with van der Waals surface area (Å²) in [5, 5.41) is 5.65. The smallest absolute Gasteiger partial charge is 0.314 e. The summed E-state index contributed by atoms with van der Waals surface area (Å²) in [6, 6.07) is 6.96. The van der Waals surface area contributed by atoms with E-state index in [2.05, 4.69) is 10.6 Å². The van der Waals surface area contributed by atoms with Gasteiger partial charge in [-0.05, 0) is 43.2 Å². The molecule has 30 heavy (non-hydrogen) atoms. The van der Waals surface area contributed by atoms with Gasteiger partial charge in [0.1, 0.15) is 11.6 Å². The summed E-state index contributed by atoms with van der Waals surface area (Å²) in [7, 11) is 1.44. The second-order valence-electron chi connectivity index (χ2n) is 6.91. The van der Waals surface area contributed by atoms with E-state index in [0.29, 0.717) is 22.0 Å². The Hall–Kier alpha value is -3.13. The van der Waals surface area contributed by atoms with E-state index in [1.807, 2.05) is 0 Å². The van der Waals surface area contributed by atoms with Gasteiger partial charge < -0.3 is 20.1 Å². The van der Waals surface area contributed by atoms with Gasteiger partial charge in [-0.3, -0.25) is 14.4 Å². The third-order valence-corrected chi connectivity index (χ3v) is 5.15. The summed E-state index contributed by atoms with van der Waals surface area (Å²) in [5.74, 6) is -2.88. The zero-order valence-corrected chi connectivity index (χ0v) is 17.3. The van der Waals surface area contributed by atoms with Crippen LogP contribution in [0, 0.1) is 12.7 Å². The highest BCUT2D eigenvalue weighted by atomic mass is 35.5. The summed E-state index contributed by atoms with van der Waals surface area (Å²) in [5.41, 5.74) is 1.76. The lowest BCUT2D eigenvalue weighted by atomic mass is 9.90. The number of ether oxygens (including phenoxy) is 2. The van der Waals surface area contributed by atoms with Gasteiger partial charge in [-0.25, -0.2) is 4.39 Å². The van der Waals surface area contributed by atoms with E-state index < -0.39 is 35.6 Å². The van der Waals surface area contributed by atoms with Gasteiger partial charge in [0.05, 0.1) is 18.7 Å². The van der Waals surface area contributed by atoms with Crippen LogP contribution in [-0.2, 0) is 19.1 Å². The van der Waals surface area contributed by atoms with Crippen molar-refractivity contribution in [1.82, 2.24) is 0 Å². The Morgan fingerprint density at radius 2 is 2.03 bits per heavy atom. The van der Waals surface area contributed by atoms with Crippen LogP contribution in [0.4, 0.5) is 15.8 Å². The number of hydrogen-bond donors (Lipinski definition) is 2. The van der Waals surface area contributed by atoms with Crippen molar-refractivity contribution >= 4 is 40.8 Å². The van der Waals surface area contributed by atoms with Crippen LogP contribution in [-0.4, -0.2) is 31.0 Å². The van der Waals surface area contributed by atoms with Crippen LogP contribution in [0.25, 0.3) is 0 Å². The van der Waals surface area contributed by atoms with Crippen molar-refractivity contribution in [2.45, 2.75) is 32.3 Å². The van der Waals surface area contributed by atoms with Crippen LogP contribution < -0.4 is 15.4 Å². The van der Waals surface area contributed by atoms with E-state index in [4.69, 9.17) is 21.1 Å².